The van der Waals surface area contributed by atoms with Crippen molar-refractivity contribution in [2.45, 2.75) is 43.5 Å². The van der Waals surface area contributed by atoms with Crippen LogP contribution in [0.3, 0.4) is 0 Å². The summed E-state index contributed by atoms with van der Waals surface area (Å²) in [5.41, 5.74) is 12.1. The molecule has 0 aromatic heterocycles. The number of hydrogen-bond donors (Lipinski definition) is 2. The van der Waals surface area contributed by atoms with Crippen molar-refractivity contribution < 1.29 is 19.3 Å². The van der Waals surface area contributed by atoms with Crippen LogP contribution in [0.1, 0.15) is 41.6 Å². The Hall–Kier alpha value is -3.13. The zero-order chi connectivity index (χ0) is 27.2. The molecule has 0 saturated carbocycles. The Labute approximate surface area is 234 Å². The van der Waals surface area contributed by atoms with Gasteiger partial charge in [0.1, 0.15) is 5.75 Å². The molecule has 4 aromatic carbocycles. The lowest BCUT2D eigenvalue weighted by molar-refractivity contribution is -0.268. The van der Waals surface area contributed by atoms with Gasteiger partial charge in [0.05, 0.1) is 25.9 Å². The SMILES string of the molecule is COc1ccccc1SCC1OC(c2ccc(-c3cccc(CN)c3)cc2)OC(c2ccc(CO)cc2)C1C. The predicted molar refractivity (Wildman–Crippen MR) is 156 cm³/mol. The molecule has 0 bridgehead atoms. The van der Waals surface area contributed by atoms with E-state index < -0.39 is 6.29 Å². The summed E-state index contributed by atoms with van der Waals surface area (Å²) in [6.07, 6.45) is -0.709. The van der Waals surface area contributed by atoms with Crippen molar-refractivity contribution >= 4 is 11.8 Å². The zero-order valence-corrected chi connectivity index (χ0v) is 23.1. The Bertz CT molecular complexity index is 1360. The highest BCUT2D eigenvalue weighted by atomic mass is 32.2. The van der Waals surface area contributed by atoms with Crippen LogP contribution in [0.2, 0.25) is 0 Å². The fraction of sp³-hybridized carbons (Fsp3) is 0.273. The molecule has 1 saturated heterocycles. The fourth-order valence-corrected chi connectivity index (χ4v) is 6.12. The summed E-state index contributed by atoms with van der Waals surface area (Å²) in [5, 5.41) is 9.51. The first-order chi connectivity index (χ1) is 19.1. The Morgan fingerprint density at radius 3 is 2.28 bits per heavy atom. The fourth-order valence-electron chi connectivity index (χ4n) is 4.93. The third-order valence-corrected chi connectivity index (χ3v) is 8.42. The van der Waals surface area contributed by atoms with Crippen LogP contribution >= 0.6 is 11.8 Å². The molecule has 4 aromatic rings. The molecule has 4 atom stereocenters. The minimum atomic E-state index is -0.503. The van der Waals surface area contributed by atoms with Crippen molar-refractivity contribution in [1.82, 2.24) is 0 Å². The van der Waals surface area contributed by atoms with E-state index in [4.69, 9.17) is 19.9 Å². The molecule has 0 aliphatic carbocycles. The molecule has 5 rings (SSSR count). The topological polar surface area (TPSA) is 73.9 Å². The molecule has 1 fully saturated rings. The highest BCUT2D eigenvalue weighted by molar-refractivity contribution is 7.99. The number of methoxy groups -OCH3 is 1. The molecule has 1 heterocycles. The van der Waals surface area contributed by atoms with Crippen LogP contribution in [-0.2, 0) is 22.6 Å². The number of thioether (sulfide) groups is 1. The van der Waals surface area contributed by atoms with Crippen molar-refractivity contribution in [2.24, 2.45) is 11.7 Å². The van der Waals surface area contributed by atoms with E-state index in [9.17, 15) is 5.11 Å². The summed E-state index contributed by atoms with van der Waals surface area (Å²) >= 11 is 1.74. The third kappa shape index (κ3) is 6.38. The average Bonchev–Trinajstić information content (AvgIpc) is 3.01. The number of rotatable bonds is 9. The lowest BCUT2D eigenvalue weighted by Gasteiger charge is -2.41. The Morgan fingerprint density at radius 1 is 0.821 bits per heavy atom. The molecule has 1 aliphatic rings. The Morgan fingerprint density at radius 2 is 1.56 bits per heavy atom. The van der Waals surface area contributed by atoms with Gasteiger partial charge in [0.2, 0.25) is 0 Å². The van der Waals surface area contributed by atoms with Crippen LogP contribution in [0.25, 0.3) is 11.1 Å². The molecule has 0 amide bonds. The summed E-state index contributed by atoms with van der Waals surface area (Å²) < 4.78 is 18.8. The molecule has 39 heavy (non-hydrogen) atoms. The monoisotopic (exact) mass is 541 g/mol. The second-order valence-corrected chi connectivity index (χ2v) is 10.9. The number of para-hydroxylation sites is 1. The van der Waals surface area contributed by atoms with Gasteiger partial charge in [0.25, 0.3) is 0 Å². The number of aliphatic hydroxyl groups is 1. The number of benzene rings is 4. The van der Waals surface area contributed by atoms with Crippen molar-refractivity contribution in [3.05, 3.63) is 119 Å². The Balaban J connectivity index is 1.40. The van der Waals surface area contributed by atoms with E-state index in [1.165, 1.54) is 0 Å². The first-order valence-electron chi connectivity index (χ1n) is 13.3. The predicted octanol–water partition coefficient (Wildman–Crippen LogP) is 6.90. The first kappa shape index (κ1) is 27.4. The summed E-state index contributed by atoms with van der Waals surface area (Å²) in [4.78, 5) is 1.09. The maximum atomic E-state index is 9.51. The van der Waals surface area contributed by atoms with E-state index in [1.807, 2.05) is 54.6 Å². The summed E-state index contributed by atoms with van der Waals surface area (Å²) in [6.45, 7) is 2.72. The van der Waals surface area contributed by atoms with Gasteiger partial charge in [-0.25, -0.2) is 0 Å². The van der Waals surface area contributed by atoms with E-state index in [0.717, 1.165) is 49.8 Å². The maximum Gasteiger partial charge on any atom is 0.184 e. The average molecular weight is 542 g/mol. The molecule has 0 spiro atoms. The van der Waals surface area contributed by atoms with Gasteiger partial charge in [-0.05, 0) is 46.0 Å². The van der Waals surface area contributed by atoms with Gasteiger partial charge < -0.3 is 25.1 Å². The van der Waals surface area contributed by atoms with E-state index in [-0.39, 0.29) is 24.7 Å². The van der Waals surface area contributed by atoms with Gasteiger partial charge in [-0.3, -0.25) is 0 Å². The highest BCUT2D eigenvalue weighted by Gasteiger charge is 2.38. The van der Waals surface area contributed by atoms with Crippen molar-refractivity contribution in [3.63, 3.8) is 0 Å². The second kappa shape index (κ2) is 12.8. The molecule has 1 aliphatic heterocycles. The van der Waals surface area contributed by atoms with Gasteiger partial charge in [-0.2, -0.15) is 0 Å². The van der Waals surface area contributed by atoms with Crippen LogP contribution in [0.4, 0.5) is 0 Å². The van der Waals surface area contributed by atoms with Crippen LogP contribution in [0.15, 0.2) is 102 Å². The molecule has 4 unspecified atom stereocenters. The quantitative estimate of drug-likeness (QED) is 0.225. The molecule has 3 N–H and O–H groups in total. The van der Waals surface area contributed by atoms with Gasteiger partial charge in [0, 0.05) is 28.7 Å². The number of aliphatic hydroxyl groups excluding tert-OH is 1. The summed E-state index contributed by atoms with van der Waals surface area (Å²) in [5.74, 6) is 1.74. The first-order valence-corrected chi connectivity index (χ1v) is 14.2. The van der Waals surface area contributed by atoms with E-state index in [2.05, 4.69) is 49.4 Å². The number of nitrogens with two attached hydrogens (primary N) is 1. The van der Waals surface area contributed by atoms with E-state index >= 15 is 0 Å². The van der Waals surface area contributed by atoms with Crippen molar-refractivity contribution in [2.75, 3.05) is 12.9 Å². The molecule has 6 heteroatoms. The lowest BCUT2D eigenvalue weighted by Crippen LogP contribution is -2.38. The molecule has 202 valence electrons. The van der Waals surface area contributed by atoms with Crippen molar-refractivity contribution in [3.8, 4) is 16.9 Å². The van der Waals surface area contributed by atoms with Crippen molar-refractivity contribution in [1.29, 1.82) is 0 Å². The molecular formula is C33H35NO4S. The number of hydrogen-bond acceptors (Lipinski definition) is 6. The number of ether oxygens (including phenoxy) is 3. The van der Waals surface area contributed by atoms with E-state index in [1.54, 1.807) is 18.9 Å². The molecule has 0 radical (unpaired) electrons. The standard InChI is InChI=1S/C33H35NO4S/c1-22-30(21-39-31-9-4-3-8-29(31)36-2)37-33(38-32(22)26-12-10-23(20-35)11-13-26)27-16-14-25(15-17-27)28-7-5-6-24(18-28)19-34/h3-18,22,30,32-33,35H,19-21,34H2,1-2H3. The zero-order valence-electron chi connectivity index (χ0n) is 22.3. The molecular weight excluding hydrogens is 506 g/mol. The van der Waals surface area contributed by atoms with E-state index in [0.29, 0.717) is 6.54 Å². The van der Waals surface area contributed by atoms with Crippen LogP contribution in [-0.4, -0.2) is 24.1 Å². The minimum Gasteiger partial charge on any atom is -0.496 e. The van der Waals surface area contributed by atoms with Crippen LogP contribution < -0.4 is 10.5 Å². The highest BCUT2D eigenvalue weighted by Crippen LogP contribution is 2.44. The smallest absolute Gasteiger partial charge is 0.184 e. The lowest BCUT2D eigenvalue weighted by atomic mass is 9.91. The maximum absolute atomic E-state index is 9.51. The second-order valence-electron chi connectivity index (χ2n) is 9.81. The Kier molecular flexibility index (Phi) is 9.02. The molecule has 5 nitrogen and oxygen atoms in total. The normalized spacial score (nSPS) is 21.0. The minimum absolute atomic E-state index is 0.0196. The van der Waals surface area contributed by atoms with Gasteiger partial charge in [0.15, 0.2) is 6.29 Å². The van der Waals surface area contributed by atoms with Crippen LogP contribution in [0.5, 0.6) is 5.75 Å². The van der Waals surface area contributed by atoms with Crippen LogP contribution in [0, 0.1) is 5.92 Å². The summed E-state index contributed by atoms with van der Waals surface area (Å²) in [6, 6.07) is 32.8. The van der Waals surface area contributed by atoms with Gasteiger partial charge in [-0.1, -0.05) is 85.8 Å². The van der Waals surface area contributed by atoms with Gasteiger partial charge in [-0.15, -0.1) is 11.8 Å². The third-order valence-electron chi connectivity index (χ3n) is 7.27. The van der Waals surface area contributed by atoms with Gasteiger partial charge >= 0.3 is 0 Å². The summed E-state index contributed by atoms with van der Waals surface area (Å²) in [7, 11) is 1.70. The largest absolute Gasteiger partial charge is 0.496 e.